The van der Waals surface area contributed by atoms with Crippen LogP contribution in [0.4, 0.5) is 30.6 Å². The molecule has 1 aliphatic rings. The summed E-state index contributed by atoms with van der Waals surface area (Å²) in [4.78, 5) is 28.1. The summed E-state index contributed by atoms with van der Waals surface area (Å²) in [5.41, 5.74) is -0.130. The van der Waals surface area contributed by atoms with Crippen LogP contribution in [0.25, 0.3) is 0 Å². The third kappa shape index (κ3) is 5.86. The molecule has 1 aromatic carbocycles. The molecule has 184 valence electrons. The molecule has 10 nitrogen and oxygen atoms in total. The van der Waals surface area contributed by atoms with Gasteiger partial charge < -0.3 is 24.5 Å². The van der Waals surface area contributed by atoms with Crippen LogP contribution in [0.15, 0.2) is 34.9 Å². The lowest BCUT2D eigenvalue weighted by Crippen LogP contribution is -2.28. The van der Waals surface area contributed by atoms with Crippen LogP contribution in [0.1, 0.15) is 36.4 Å². The van der Waals surface area contributed by atoms with Crippen LogP contribution in [0.3, 0.4) is 0 Å². The maximum atomic E-state index is 13.7. The quantitative estimate of drug-likeness (QED) is 0.372. The standard InChI is InChI=1S/C22H20F3N5O5/c1-33-21(32)11-2-5-13(6-3-11)34-18-7-4-12(10-26-18)27-19(31)20-29-30-22(35-20)28-17-9-15(24)14(23)8-16(17)25/h4,7-11,13H,2-3,5-6H2,1H3,(H,27,31)(H,28,30). The Kier molecular flexibility index (Phi) is 7.13. The lowest BCUT2D eigenvalue weighted by Gasteiger charge is -2.27. The van der Waals surface area contributed by atoms with Gasteiger partial charge in [0, 0.05) is 18.2 Å². The summed E-state index contributed by atoms with van der Waals surface area (Å²) in [7, 11) is 1.38. The van der Waals surface area contributed by atoms with Crippen molar-refractivity contribution in [1.29, 1.82) is 0 Å². The lowest BCUT2D eigenvalue weighted by molar-refractivity contribution is -0.147. The van der Waals surface area contributed by atoms with Gasteiger partial charge in [0.1, 0.15) is 11.9 Å². The van der Waals surface area contributed by atoms with Crippen molar-refractivity contribution in [3.63, 3.8) is 0 Å². The number of carbonyl (C=O) groups is 2. The van der Waals surface area contributed by atoms with Gasteiger partial charge in [0.05, 0.1) is 30.6 Å². The van der Waals surface area contributed by atoms with Crippen molar-refractivity contribution in [1.82, 2.24) is 15.2 Å². The number of amides is 1. The number of nitrogens with zero attached hydrogens (tertiary/aromatic N) is 3. The minimum atomic E-state index is -1.35. The molecule has 0 aliphatic heterocycles. The van der Waals surface area contributed by atoms with Crippen molar-refractivity contribution in [2.24, 2.45) is 5.92 Å². The minimum Gasteiger partial charge on any atom is -0.474 e. The first-order valence-electron chi connectivity index (χ1n) is 10.6. The van der Waals surface area contributed by atoms with Crippen LogP contribution in [0.5, 0.6) is 5.88 Å². The zero-order chi connectivity index (χ0) is 24.9. The highest BCUT2D eigenvalue weighted by atomic mass is 19.2. The molecule has 0 atom stereocenters. The summed E-state index contributed by atoms with van der Waals surface area (Å²) in [5.74, 6) is -4.90. The number of methoxy groups -OCH3 is 1. The Labute approximate surface area is 196 Å². The van der Waals surface area contributed by atoms with E-state index in [1.165, 1.54) is 13.3 Å². The van der Waals surface area contributed by atoms with Gasteiger partial charge in [0.2, 0.25) is 5.88 Å². The highest BCUT2D eigenvalue weighted by Crippen LogP contribution is 2.28. The van der Waals surface area contributed by atoms with Crippen molar-refractivity contribution in [2.75, 3.05) is 17.7 Å². The molecular weight excluding hydrogens is 471 g/mol. The average Bonchev–Trinajstić information content (AvgIpc) is 3.32. The van der Waals surface area contributed by atoms with Crippen molar-refractivity contribution < 1.29 is 36.7 Å². The van der Waals surface area contributed by atoms with Gasteiger partial charge in [-0.2, -0.15) is 0 Å². The molecule has 2 heterocycles. The highest BCUT2D eigenvalue weighted by Gasteiger charge is 2.28. The molecule has 1 saturated carbocycles. The number of anilines is 3. The molecule has 3 aromatic rings. The fraction of sp³-hybridized carbons (Fsp3) is 0.318. The van der Waals surface area contributed by atoms with E-state index in [0.29, 0.717) is 49.4 Å². The first kappa shape index (κ1) is 24.0. The van der Waals surface area contributed by atoms with Crippen molar-refractivity contribution in [3.05, 3.63) is 53.8 Å². The number of halogens is 3. The van der Waals surface area contributed by atoms with Crippen LogP contribution < -0.4 is 15.4 Å². The Balaban J connectivity index is 1.30. The smallest absolute Gasteiger partial charge is 0.320 e. The fourth-order valence-corrected chi connectivity index (χ4v) is 3.56. The SMILES string of the molecule is COC(=O)C1CCC(Oc2ccc(NC(=O)c3nnc(Nc4cc(F)c(F)cc4F)o3)cn2)CC1. The van der Waals surface area contributed by atoms with Crippen molar-refractivity contribution in [3.8, 4) is 5.88 Å². The molecule has 1 aliphatic carbocycles. The summed E-state index contributed by atoms with van der Waals surface area (Å²) in [5, 5.41) is 11.9. The summed E-state index contributed by atoms with van der Waals surface area (Å²) in [6.45, 7) is 0. The number of esters is 1. The summed E-state index contributed by atoms with van der Waals surface area (Å²) in [6, 6.07) is 3.68. The first-order valence-corrected chi connectivity index (χ1v) is 10.6. The summed E-state index contributed by atoms with van der Waals surface area (Å²) < 4.78 is 55.8. The third-order valence-electron chi connectivity index (χ3n) is 5.36. The number of carbonyl (C=O) groups excluding carboxylic acids is 2. The van der Waals surface area contributed by atoms with E-state index in [4.69, 9.17) is 13.9 Å². The van der Waals surface area contributed by atoms with Crippen LogP contribution in [0, 0.1) is 23.4 Å². The molecule has 1 amide bonds. The van der Waals surface area contributed by atoms with E-state index in [9.17, 15) is 22.8 Å². The van der Waals surface area contributed by atoms with Gasteiger partial charge in [0.25, 0.3) is 0 Å². The lowest BCUT2D eigenvalue weighted by atomic mass is 9.87. The molecule has 1 fully saturated rings. The number of rotatable bonds is 7. The molecule has 0 spiro atoms. The second-order valence-electron chi connectivity index (χ2n) is 7.74. The number of pyridine rings is 1. The van der Waals surface area contributed by atoms with E-state index < -0.39 is 41.0 Å². The molecule has 2 N–H and O–H groups in total. The number of hydrogen-bond acceptors (Lipinski definition) is 9. The predicted molar refractivity (Wildman–Crippen MR) is 114 cm³/mol. The number of aromatic nitrogens is 3. The average molecular weight is 491 g/mol. The highest BCUT2D eigenvalue weighted by molar-refractivity contribution is 6.00. The Morgan fingerprint density at radius 1 is 1.03 bits per heavy atom. The van der Waals surface area contributed by atoms with Gasteiger partial charge in [-0.05, 0) is 31.7 Å². The number of nitrogens with one attached hydrogen (secondary N) is 2. The zero-order valence-electron chi connectivity index (χ0n) is 18.4. The van der Waals surface area contributed by atoms with Crippen LogP contribution in [-0.2, 0) is 9.53 Å². The Hall–Kier alpha value is -4.16. The van der Waals surface area contributed by atoms with E-state index in [1.54, 1.807) is 12.1 Å². The zero-order valence-corrected chi connectivity index (χ0v) is 18.4. The normalized spacial score (nSPS) is 17.5. The van der Waals surface area contributed by atoms with Gasteiger partial charge in [-0.25, -0.2) is 18.2 Å². The topological polar surface area (TPSA) is 128 Å². The third-order valence-corrected chi connectivity index (χ3v) is 5.36. The molecule has 4 rings (SSSR count). The first-order chi connectivity index (χ1) is 16.8. The summed E-state index contributed by atoms with van der Waals surface area (Å²) in [6.07, 6.45) is 4.04. The molecule has 0 saturated heterocycles. The van der Waals surface area contributed by atoms with E-state index in [2.05, 4.69) is 25.8 Å². The molecule has 0 radical (unpaired) electrons. The molecule has 35 heavy (non-hydrogen) atoms. The van der Waals surface area contributed by atoms with E-state index in [-0.39, 0.29) is 18.0 Å². The molecule has 2 aromatic heterocycles. The van der Waals surface area contributed by atoms with Crippen molar-refractivity contribution >= 4 is 29.3 Å². The maximum absolute atomic E-state index is 13.7. The van der Waals surface area contributed by atoms with Crippen LogP contribution >= 0.6 is 0 Å². The molecule has 0 unspecified atom stereocenters. The van der Waals surface area contributed by atoms with Gasteiger partial charge in [-0.1, -0.05) is 5.10 Å². The number of hydrogen-bond donors (Lipinski definition) is 2. The maximum Gasteiger partial charge on any atom is 0.320 e. The molecule has 0 bridgehead atoms. The Bertz CT molecular complexity index is 1210. The van der Waals surface area contributed by atoms with Gasteiger partial charge in [0.15, 0.2) is 11.6 Å². The summed E-state index contributed by atoms with van der Waals surface area (Å²) >= 11 is 0. The van der Waals surface area contributed by atoms with E-state index in [1.807, 2.05) is 0 Å². The largest absolute Gasteiger partial charge is 0.474 e. The van der Waals surface area contributed by atoms with Gasteiger partial charge >= 0.3 is 23.8 Å². The number of ether oxygens (including phenoxy) is 2. The Morgan fingerprint density at radius 2 is 1.77 bits per heavy atom. The minimum absolute atomic E-state index is 0.0763. The van der Waals surface area contributed by atoms with Crippen LogP contribution in [-0.4, -0.2) is 40.3 Å². The monoisotopic (exact) mass is 491 g/mol. The molecular formula is C22H20F3N5O5. The number of benzene rings is 1. The fourth-order valence-electron chi connectivity index (χ4n) is 3.56. The molecule has 13 heteroatoms. The Morgan fingerprint density at radius 3 is 2.46 bits per heavy atom. The van der Waals surface area contributed by atoms with Crippen molar-refractivity contribution in [2.45, 2.75) is 31.8 Å². The second kappa shape index (κ2) is 10.4. The van der Waals surface area contributed by atoms with Gasteiger partial charge in [-0.3, -0.25) is 9.59 Å². The van der Waals surface area contributed by atoms with E-state index in [0.717, 1.165) is 0 Å². The van der Waals surface area contributed by atoms with E-state index >= 15 is 0 Å². The van der Waals surface area contributed by atoms with Gasteiger partial charge in [-0.15, -0.1) is 5.10 Å². The second-order valence-corrected chi connectivity index (χ2v) is 7.74. The predicted octanol–water partition coefficient (Wildman–Crippen LogP) is 3.99. The van der Waals surface area contributed by atoms with Crippen LogP contribution in [0.2, 0.25) is 0 Å².